The number of amides is 1. The van der Waals surface area contributed by atoms with Crippen LogP contribution < -0.4 is 5.32 Å². The van der Waals surface area contributed by atoms with Crippen LogP contribution in [0.3, 0.4) is 0 Å². The summed E-state index contributed by atoms with van der Waals surface area (Å²) in [4.78, 5) is 33.4. The molecule has 0 aliphatic carbocycles. The number of aldehydes is 1. The van der Waals surface area contributed by atoms with E-state index in [9.17, 15) is 9.59 Å². The number of nitrogens with one attached hydrogen (secondary N) is 1. The average molecular weight is 563 g/mol. The SMILES string of the molecule is CC(C)(C)OC(=O)N1CCC[C@H]1CNCc1csc(-c2ccccc2)n1.O=Cc1csc(-c2ccccc2)n1. The van der Waals surface area contributed by atoms with E-state index in [1.54, 1.807) is 16.7 Å². The topological polar surface area (TPSA) is 84.4 Å². The Morgan fingerprint density at radius 2 is 1.62 bits per heavy atom. The van der Waals surface area contributed by atoms with Crippen molar-refractivity contribution in [2.45, 2.75) is 51.8 Å². The molecule has 3 heterocycles. The van der Waals surface area contributed by atoms with Crippen molar-refractivity contribution in [3.63, 3.8) is 0 Å². The number of rotatable bonds is 7. The van der Waals surface area contributed by atoms with Gasteiger partial charge in [0, 0.05) is 47.6 Å². The van der Waals surface area contributed by atoms with Gasteiger partial charge in [-0.25, -0.2) is 14.8 Å². The number of carbonyl (C=O) groups is 2. The van der Waals surface area contributed by atoms with E-state index < -0.39 is 5.60 Å². The fraction of sp³-hybridized carbons (Fsp3) is 0.333. The van der Waals surface area contributed by atoms with Crippen LogP contribution in [0, 0.1) is 0 Å². The molecular weight excluding hydrogens is 528 g/mol. The highest BCUT2D eigenvalue weighted by molar-refractivity contribution is 7.13. The normalized spacial score (nSPS) is 14.9. The zero-order valence-corrected chi connectivity index (χ0v) is 24.1. The van der Waals surface area contributed by atoms with Crippen molar-refractivity contribution in [1.82, 2.24) is 20.2 Å². The van der Waals surface area contributed by atoms with Gasteiger partial charge in [-0.15, -0.1) is 22.7 Å². The predicted octanol–water partition coefficient (Wildman–Crippen LogP) is 6.92. The predicted molar refractivity (Wildman–Crippen MR) is 158 cm³/mol. The van der Waals surface area contributed by atoms with Gasteiger partial charge in [-0.2, -0.15) is 0 Å². The van der Waals surface area contributed by atoms with Gasteiger partial charge >= 0.3 is 6.09 Å². The summed E-state index contributed by atoms with van der Waals surface area (Å²) >= 11 is 3.15. The second kappa shape index (κ2) is 13.6. The fourth-order valence-electron chi connectivity index (χ4n) is 4.13. The molecule has 1 saturated heterocycles. The first-order valence-electron chi connectivity index (χ1n) is 13.0. The van der Waals surface area contributed by atoms with E-state index in [0.29, 0.717) is 12.2 Å². The quantitative estimate of drug-likeness (QED) is 0.246. The lowest BCUT2D eigenvalue weighted by Crippen LogP contribution is -2.44. The molecule has 7 nitrogen and oxygen atoms in total. The maximum Gasteiger partial charge on any atom is 0.410 e. The van der Waals surface area contributed by atoms with Crippen LogP contribution >= 0.6 is 22.7 Å². The van der Waals surface area contributed by atoms with E-state index in [4.69, 9.17) is 9.72 Å². The smallest absolute Gasteiger partial charge is 0.410 e. The summed E-state index contributed by atoms with van der Waals surface area (Å²) in [6.07, 6.45) is 2.60. The number of carbonyl (C=O) groups excluding carboxylic acids is 2. The molecule has 1 fully saturated rings. The summed E-state index contributed by atoms with van der Waals surface area (Å²) in [5.41, 5.74) is 3.29. The van der Waals surface area contributed by atoms with Crippen LogP contribution in [0.1, 0.15) is 49.8 Å². The molecule has 9 heteroatoms. The first kappa shape index (κ1) is 28.6. The van der Waals surface area contributed by atoms with Crippen molar-refractivity contribution in [2.75, 3.05) is 13.1 Å². The second-order valence-corrected chi connectivity index (χ2v) is 11.9. The third-order valence-electron chi connectivity index (χ3n) is 5.93. The average Bonchev–Trinajstić information content (AvgIpc) is 3.70. The number of aromatic nitrogens is 2. The van der Waals surface area contributed by atoms with Crippen molar-refractivity contribution in [3.8, 4) is 21.1 Å². The third-order valence-corrected chi connectivity index (χ3v) is 7.78. The van der Waals surface area contributed by atoms with Gasteiger partial charge in [0.2, 0.25) is 0 Å². The number of hydrogen-bond acceptors (Lipinski definition) is 8. The number of ether oxygens (including phenoxy) is 1. The molecule has 0 unspecified atom stereocenters. The van der Waals surface area contributed by atoms with Crippen molar-refractivity contribution in [2.24, 2.45) is 0 Å². The summed E-state index contributed by atoms with van der Waals surface area (Å²) in [6, 6.07) is 20.2. The van der Waals surface area contributed by atoms with E-state index in [0.717, 1.165) is 59.1 Å². The van der Waals surface area contributed by atoms with Gasteiger partial charge in [0.05, 0.1) is 5.69 Å². The monoisotopic (exact) mass is 562 g/mol. The molecule has 2 aromatic carbocycles. The van der Waals surface area contributed by atoms with Crippen LogP contribution in [-0.4, -0.2) is 52.0 Å². The molecule has 4 aromatic rings. The number of nitrogens with zero attached hydrogens (tertiary/aromatic N) is 3. The van der Waals surface area contributed by atoms with Crippen LogP contribution in [0.2, 0.25) is 0 Å². The van der Waals surface area contributed by atoms with Gasteiger partial charge in [-0.3, -0.25) is 4.79 Å². The minimum Gasteiger partial charge on any atom is -0.444 e. The van der Waals surface area contributed by atoms with E-state index in [1.165, 1.54) is 11.3 Å². The Hall–Kier alpha value is -3.40. The summed E-state index contributed by atoms with van der Waals surface area (Å²) < 4.78 is 5.52. The highest BCUT2D eigenvalue weighted by Gasteiger charge is 2.31. The van der Waals surface area contributed by atoms with Crippen molar-refractivity contribution >= 4 is 35.1 Å². The summed E-state index contributed by atoms with van der Waals surface area (Å²) in [5, 5.41) is 9.23. The molecule has 0 bridgehead atoms. The van der Waals surface area contributed by atoms with Crippen LogP contribution in [0.4, 0.5) is 4.79 Å². The van der Waals surface area contributed by atoms with Crippen molar-refractivity contribution in [1.29, 1.82) is 0 Å². The molecule has 1 N–H and O–H groups in total. The molecule has 39 heavy (non-hydrogen) atoms. The summed E-state index contributed by atoms with van der Waals surface area (Å²) in [6.45, 7) is 7.96. The van der Waals surface area contributed by atoms with Gasteiger partial charge in [0.15, 0.2) is 6.29 Å². The molecule has 204 valence electrons. The van der Waals surface area contributed by atoms with Crippen molar-refractivity contribution in [3.05, 3.63) is 82.8 Å². The molecule has 1 aliphatic rings. The Bertz CT molecular complexity index is 1330. The largest absolute Gasteiger partial charge is 0.444 e. The second-order valence-electron chi connectivity index (χ2n) is 10.2. The van der Waals surface area contributed by atoms with Crippen LogP contribution in [0.15, 0.2) is 71.4 Å². The van der Waals surface area contributed by atoms with Gasteiger partial charge in [-0.05, 0) is 33.6 Å². The maximum absolute atomic E-state index is 12.3. The van der Waals surface area contributed by atoms with Crippen LogP contribution in [0.25, 0.3) is 21.1 Å². The van der Waals surface area contributed by atoms with Crippen molar-refractivity contribution < 1.29 is 14.3 Å². The lowest BCUT2D eigenvalue weighted by molar-refractivity contribution is 0.0226. The van der Waals surface area contributed by atoms with Gasteiger partial charge in [0.1, 0.15) is 21.3 Å². The summed E-state index contributed by atoms with van der Waals surface area (Å²) in [7, 11) is 0. The maximum atomic E-state index is 12.3. The Morgan fingerprint density at radius 3 is 2.21 bits per heavy atom. The third kappa shape index (κ3) is 8.54. The number of likely N-dealkylation sites (tertiary alicyclic amines) is 1. The highest BCUT2D eigenvalue weighted by atomic mass is 32.1. The first-order chi connectivity index (χ1) is 18.8. The minimum atomic E-state index is -0.452. The van der Waals surface area contributed by atoms with Gasteiger partial charge < -0.3 is 15.0 Å². The molecule has 0 saturated carbocycles. The number of thiazole rings is 2. The molecule has 1 aliphatic heterocycles. The molecule has 5 rings (SSSR count). The number of benzene rings is 2. The number of hydrogen-bond donors (Lipinski definition) is 1. The summed E-state index contributed by atoms with van der Waals surface area (Å²) in [5.74, 6) is 0. The molecule has 1 atom stereocenters. The Morgan fingerprint density at radius 1 is 1.00 bits per heavy atom. The Labute approximate surface area is 237 Å². The van der Waals surface area contributed by atoms with Gasteiger partial charge in [-0.1, -0.05) is 60.7 Å². The van der Waals surface area contributed by atoms with Crippen LogP contribution in [0.5, 0.6) is 0 Å². The molecule has 2 aromatic heterocycles. The first-order valence-corrected chi connectivity index (χ1v) is 14.7. The lowest BCUT2D eigenvalue weighted by Gasteiger charge is -2.28. The van der Waals surface area contributed by atoms with E-state index in [1.807, 2.05) is 74.2 Å². The van der Waals surface area contributed by atoms with E-state index in [-0.39, 0.29) is 12.1 Å². The van der Waals surface area contributed by atoms with Crippen LogP contribution in [-0.2, 0) is 11.3 Å². The molecule has 1 amide bonds. The Kier molecular flexibility index (Phi) is 9.97. The fourth-order valence-corrected chi connectivity index (χ4v) is 5.73. The standard InChI is InChI=1S/C20H27N3O2S.C10H7NOS/c1-20(2,3)25-19(24)23-11-7-10-17(23)13-21-12-16-14-26-18(22-16)15-8-5-4-6-9-15;12-6-9-7-13-10(11-9)8-4-2-1-3-5-8/h4-6,8-9,14,17,21H,7,10-13H2,1-3H3;1-7H/t17-;/m0./s1. The molecular formula is C30H34N4O3S2. The molecule has 0 radical (unpaired) electrons. The highest BCUT2D eigenvalue weighted by Crippen LogP contribution is 2.24. The van der Waals surface area contributed by atoms with Gasteiger partial charge in [0.25, 0.3) is 0 Å². The zero-order valence-electron chi connectivity index (χ0n) is 22.5. The van der Waals surface area contributed by atoms with E-state index >= 15 is 0 Å². The lowest BCUT2D eigenvalue weighted by atomic mass is 10.2. The minimum absolute atomic E-state index is 0.192. The molecule has 0 spiro atoms. The van der Waals surface area contributed by atoms with E-state index in [2.05, 4.69) is 27.8 Å². The Balaban J connectivity index is 0.000000226. The zero-order chi connectivity index (χ0) is 27.7.